The summed E-state index contributed by atoms with van der Waals surface area (Å²) >= 11 is 0. The number of aryl methyl sites for hydroxylation is 1. The van der Waals surface area contributed by atoms with Gasteiger partial charge in [-0.25, -0.2) is 0 Å². The average molecular weight is 201 g/mol. The van der Waals surface area contributed by atoms with Crippen LogP contribution in [-0.4, -0.2) is 16.7 Å². The Bertz CT molecular complexity index is 333. The molecule has 0 unspecified atom stereocenters. The second-order valence-corrected chi connectivity index (χ2v) is 3.65. The number of aromatic amines is 1. The van der Waals surface area contributed by atoms with E-state index in [9.17, 15) is 8.78 Å². The van der Waals surface area contributed by atoms with Crippen LogP contribution in [0.25, 0.3) is 0 Å². The van der Waals surface area contributed by atoms with Gasteiger partial charge in [0.1, 0.15) is 5.69 Å². The zero-order valence-corrected chi connectivity index (χ0v) is 7.82. The Balaban J connectivity index is 2.39. The molecule has 1 aliphatic carbocycles. The van der Waals surface area contributed by atoms with Crippen LogP contribution in [0.4, 0.5) is 8.78 Å². The summed E-state index contributed by atoms with van der Waals surface area (Å²) < 4.78 is 26.6. The van der Waals surface area contributed by atoms with E-state index < -0.39 is 12.5 Å². The van der Waals surface area contributed by atoms with Crippen molar-refractivity contribution in [2.24, 2.45) is 5.73 Å². The highest BCUT2D eigenvalue weighted by Gasteiger charge is 2.36. The Morgan fingerprint density at radius 3 is 2.79 bits per heavy atom. The summed E-state index contributed by atoms with van der Waals surface area (Å²) in [6, 6.07) is 0. The van der Waals surface area contributed by atoms with Gasteiger partial charge in [0.2, 0.25) is 0 Å². The van der Waals surface area contributed by atoms with Gasteiger partial charge < -0.3 is 5.73 Å². The van der Waals surface area contributed by atoms with Crippen LogP contribution in [0.3, 0.4) is 0 Å². The van der Waals surface area contributed by atoms with E-state index in [4.69, 9.17) is 5.73 Å². The Kier molecular flexibility index (Phi) is 2.26. The fourth-order valence-corrected chi connectivity index (χ4v) is 1.88. The topological polar surface area (TPSA) is 54.7 Å². The van der Waals surface area contributed by atoms with Crippen molar-refractivity contribution >= 4 is 0 Å². The second kappa shape index (κ2) is 3.31. The maximum Gasteiger partial charge on any atom is 0.303 e. The molecule has 1 heterocycles. The smallest absolute Gasteiger partial charge is 0.303 e. The van der Waals surface area contributed by atoms with Crippen LogP contribution in [0.5, 0.6) is 0 Å². The molecule has 0 aromatic carbocycles. The van der Waals surface area contributed by atoms with Crippen molar-refractivity contribution in [3.05, 3.63) is 17.0 Å². The van der Waals surface area contributed by atoms with Crippen LogP contribution >= 0.6 is 0 Å². The van der Waals surface area contributed by atoms with Crippen molar-refractivity contribution in [1.82, 2.24) is 10.2 Å². The number of halogens is 2. The van der Waals surface area contributed by atoms with Crippen molar-refractivity contribution in [2.45, 2.75) is 31.6 Å². The van der Waals surface area contributed by atoms with E-state index >= 15 is 0 Å². The van der Waals surface area contributed by atoms with Gasteiger partial charge in [0, 0.05) is 11.3 Å². The highest BCUT2D eigenvalue weighted by molar-refractivity contribution is 5.30. The van der Waals surface area contributed by atoms with E-state index in [2.05, 4.69) is 10.2 Å². The molecule has 1 aromatic heterocycles. The molecule has 0 fully saturated rings. The number of hydrogen-bond acceptors (Lipinski definition) is 2. The predicted molar refractivity (Wildman–Crippen MR) is 48.2 cm³/mol. The van der Waals surface area contributed by atoms with E-state index in [0.717, 1.165) is 25.0 Å². The van der Waals surface area contributed by atoms with E-state index in [0.29, 0.717) is 12.0 Å². The third-order valence-corrected chi connectivity index (χ3v) is 2.66. The monoisotopic (exact) mass is 201 g/mol. The van der Waals surface area contributed by atoms with Gasteiger partial charge >= 0.3 is 5.92 Å². The van der Waals surface area contributed by atoms with Crippen LogP contribution in [0.15, 0.2) is 0 Å². The summed E-state index contributed by atoms with van der Waals surface area (Å²) in [7, 11) is 0. The van der Waals surface area contributed by atoms with E-state index in [-0.39, 0.29) is 5.69 Å². The van der Waals surface area contributed by atoms with Gasteiger partial charge in [-0.1, -0.05) is 0 Å². The predicted octanol–water partition coefficient (Wildman–Crippen LogP) is 1.34. The number of rotatable bonds is 2. The second-order valence-electron chi connectivity index (χ2n) is 3.65. The minimum Gasteiger partial charge on any atom is -0.325 e. The molecule has 0 bridgehead atoms. The first-order valence-corrected chi connectivity index (χ1v) is 4.79. The van der Waals surface area contributed by atoms with Gasteiger partial charge in [-0.05, 0) is 25.7 Å². The Labute approximate surface area is 80.7 Å². The lowest BCUT2D eigenvalue weighted by molar-refractivity contribution is 0.000387. The van der Waals surface area contributed by atoms with Crippen molar-refractivity contribution < 1.29 is 8.78 Å². The summed E-state index contributed by atoms with van der Waals surface area (Å²) in [4.78, 5) is 0. The number of H-pyrrole nitrogens is 1. The van der Waals surface area contributed by atoms with Gasteiger partial charge in [-0.15, -0.1) is 0 Å². The van der Waals surface area contributed by atoms with Crippen LogP contribution in [-0.2, 0) is 18.8 Å². The van der Waals surface area contributed by atoms with Crippen LogP contribution in [0.1, 0.15) is 29.8 Å². The first-order valence-electron chi connectivity index (χ1n) is 4.79. The van der Waals surface area contributed by atoms with Crippen LogP contribution in [0, 0.1) is 0 Å². The first kappa shape index (κ1) is 9.58. The molecule has 2 rings (SSSR count). The fraction of sp³-hybridized carbons (Fsp3) is 0.667. The molecule has 3 nitrogen and oxygen atoms in total. The lowest BCUT2D eigenvalue weighted by atomic mass is 9.94. The number of nitrogens with two attached hydrogens (primary N) is 1. The maximum absolute atomic E-state index is 13.3. The lowest BCUT2D eigenvalue weighted by Crippen LogP contribution is -2.27. The van der Waals surface area contributed by atoms with Crippen molar-refractivity contribution in [1.29, 1.82) is 0 Å². The number of fused-ring (bicyclic) bond motifs is 1. The van der Waals surface area contributed by atoms with E-state index in [1.807, 2.05) is 0 Å². The number of alkyl halides is 2. The quantitative estimate of drug-likeness (QED) is 0.758. The zero-order valence-electron chi connectivity index (χ0n) is 7.82. The Hall–Kier alpha value is -0.970. The van der Waals surface area contributed by atoms with E-state index in [1.165, 1.54) is 0 Å². The molecule has 78 valence electrons. The molecular weight excluding hydrogens is 188 g/mol. The Morgan fingerprint density at radius 1 is 1.36 bits per heavy atom. The lowest BCUT2D eigenvalue weighted by Gasteiger charge is -2.16. The molecule has 0 radical (unpaired) electrons. The minimum absolute atomic E-state index is 0.144. The van der Waals surface area contributed by atoms with Gasteiger partial charge in [0.15, 0.2) is 0 Å². The molecule has 1 aromatic rings. The molecule has 5 heteroatoms. The molecule has 0 amide bonds. The van der Waals surface area contributed by atoms with Crippen molar-refractivity contribution in [3.8, 4) is 0 Å². The standard InChI is InChI=1S/C9H13F2N3/c10-9(11,5-12)8-6-3-1-2-4-7(6)13-14-8/h1-5,12H2,(H,13,14). The highest BCUT2D eigenvalue weighted by atomic mass is 19.3. The largest absolute Gasteiger partial charge is 0.325 e. The van der Waals surface area contributed by atoms with Crippen molar-refractivity contribution in [3.63, 3.8) is 0 Å². The molecule has 0 aliphatic heterocycles. The fourth-order valence-electron chi connectivity index (χ4n) is 1.88. The molecule has 0 atom stereocenters. The van der Waals surface area contributed by atoms with E-state index in [1.54, 1.807) is 0 Å². The van der Waals surface area contributed by atoms with Gasteiger partial charge in [0.25, 0.3) is 0 Å². The number of nitrogens with zero attached hydrogens (tertiary/aromatic N) is 1. The van der Waals surface area contributed by atoms with Gasteiger partial charge in [-0.3, -0.25) is 5.10 Å². The minimum atomic E-state index is -2.98. The molecule has 0 saturated heterocycles. The number of nitrogens with one attached hydrogen (secondary N) is 1. The average Bonchev–Trinajstić information content (AvgIpc) is 2.61. The molecule has 1 aliphatic rings. The Morgan fingerprint density at radius 2 is 2.07 bits per heavy atom. The molecule has 14 heavy (non-hydrogen) atoms. The normalized spacial score (nSPS) is 16.8. The molecule has 3 N–H and O–H groups in total. The summed E-state index contributed by atoms with van der Waals surface area (Å²) in [5.41, 5.74) is 6.43. The SMILES string of the molecule is NCC(F)(F)c1n[nH]c2c1CCCC2. The summed E-state index contributed by atoms with van der Waals surface area (Å²) in [6.45, 7) is -0.676. The zero-order chi connectivity index (χ0) is 10.2. The summed E-state index contributed by atoms with van der Waals surface area (Å²) in [5.74, 6) is -2.98. The van der Waals surface area contributed by atoms with Crippen LogP contribution < -0.4 is 5.73 Å². The third-order valence-electron chi connectivity index (χ3n) is 2.66. The van der Waals surface area contributed by atoms with Crippen LogP contribution in [0.2, 0.25) is 0 Å². The molecular formula is C9H13F2N3. The molecule has 0 spiro atoms. The van der Waals surface area contributed by atoms with Gasteiger partial charge in [-0.2, -0.15) is 13.9 Å². The summed E-state index contributed by atoms with van der Waals surface area (Å²) in [6.07, 6.45) is 3.52. The number of hydrogen-bond donors (Lipinski definition) is 2. The van der Waals surface area contributed by atoms with Crippen molar-refractivity contribution in [2.75, 3.05) is 6.54 Å². The molecule has 0 saturated carbocycles. The third kappa shape index (κ3) is 1.41. The summed E-state index contributed by atoms with van der Waals surface area (Å²) in [5, 5.41) is 6.37. The highest BCUT2D eigenvalue weighted by Crippen LogP contribution is 2.32. The first-order chi connectivity index (χ1) is 6.65. The van der Waals surface area contributed by atoms with Gasteiger partial charge in [0.05, 0.1) is 6.54 Å². The maximum atomic E-state index is 13.3. The number of aromatic nitrogens is 2.